The van der Waals surface area contributed by atoms with E-state index in [4.69, 9.17) is 9.47 Å². The first kappa shape index (κ1) is 16.7. The van der Waals surface area contributed by atoms with Gasteiger partial charge in [0.15, 0.2) is 6.04 Å². The number of hydrogen-bond donors (Lipinski definition) is 1. The van der Waals surface area contributed by atoms with Crippen LogP contribution in [-0.4, -0.2) is 35.0 Å². The molecule has 1 N–H and O–H groups in total. The average molecular weight is 317 g/mol. The van der Waals surface area contributed by atoms with Crippen LogP contribution < -0.4 is 5.32 Å². The molecule has 2 aromatic rings. The number of carbonyl (C=O) groups is 2. The average Bonchev–Trinajstić information content (AvgIpc) is 2.50. The quantitative estimate of drug-likeness (QED) is 0.874. The fourth-order valence-electron chi connectivity index (χ4n) is 2.06. The number of amides is 1. The van der Waals surface area contributed by atoms with Crippen molar-refractivity contribution in [1.29, 1.82) is 0 Å². The fraction of sp³-hybridized carbons (Fsp3) is 0.375. The zero-order valence-electron chi connectivity index (χ0n) is 13.5. The minimum Gasteiger partial charge on any atom is -0.467 e. The summed E-state index contributed by atoms with van der Waals surface area (Å²) in [7, 11) is 1.25. The van der Waals surface area contributed by atoms with E-state index >= 15 is 0 Å². The predicted molar refractivity (Wildman–Crippen MR) is 83.7 cm³/mol. The molecule has 0 aliphatic carbocycles. The Morgan fingerprint density at radius 2 is 1.91 bits per heavy atom. The number of hydrogen-bond acceptors (Lipinski definition) is 6. The number of esters is 1. The SMILES string of the molecule is COC(=O)C(NC(=O)OC(C)(C)C)c1cnnc2ccccc12. The Morgan fingerprint density at radius 3 is 2.57 bits per heavy atom. The standard InChI is InChI=1S/C16H19N3O4/c1-16(2,3)23-15(21)18-13(14(20)22-4)11-9-17-19-12-8-6-5-7-10(11)12/h5-9,13H,1-4H3,(H,18,21). The fourth-order valence-corrected chi connectivity index (χ4v) is 2.06. The van der Waals surface area contributed by atoms with Crippen LogP contribution in [0.2, 0.25) is 0 Å². The molecule has 0 radical (unpaired) electrons. The van der Waals surface area contributed by atoms with Crippen molar-refractivity contribution < 1.29 is 19.1 Å². The molecule has 0 saturated carbocycles. The third-order valence-electron chi connectivity index (χ3n) is 2.99. The van der Waals surface area contributed by atoms with E-state index in [0.29, 0.717) is 16.5 Å². The Bertz CT molecular complexity index is 719. The molecular weight excluding hydrogens is 298 g/mol. The van der Waals surface area contributed by atoms with Gasteiger partial charge in [0, 0.05) is 10.9 Å². The van der Waals surface area contributed by atoms with Crippen LogP contribution in [0.1, 0.15) is 32.4 Å². The van der Waals surface area contributed by atoms with E-state index in [0.717, 1.165) is 0 Å². The molecule has 0 fully saturated rings. The number of benzene rings is 1. The van der Waals surface area contributed by atoms with Gasteiger partial charge in [-0.15, -0.1) is 0 Å². The van der Waals surface area contributed by atoms with Crippen LogP contribution >= 0.6 is 0 Å². The van der Waals surface area contributed by atoms with E-state index < -0.39 is 23.7 Å². The van der Waals surface area contributed by atoms with Gasteiger partial charge in [-0.3, -0.25) is 0 Å². The van der Waals surface area contributed by atoms with Gasteiger partial charge in [0.25, 0.3) is 0 Å². The van der Waals surface area contributed by atoms with Crippen LogP contribution in [0.4, 0.5) is 4.79 Å². The van der Waals surface area contributed by atoms with E-state index in [-0.39, 0.29) is 0 Å². The van der Waals surface area contributed by atoms with E-state index in [2.05, 4.69) is 15.5 Å². The molecule has 1 aromatic carbocycles. The third-order valence-corrected chi connectivity index (χ3v) is 2.99. The lowest BCUT2D eigenvalue weighted by Crippen LogP contribution is -2.38. The summed E-state index contributed by atoms with van der Waals surface area (Å²) in [5.41, 5.74) is 0.432. The molecule has 0 bridgehead atoms. The van der Waals surface area contributed by atoms with Crippen LogP contribution in [0.25, 0.3) is 10.9 Å². The Labute approximate surface area is 134 Å². The summed E-state index contributed by atoms with van der Waals surface area (Å²) in [6.45, 7) is 5.22. The minimum atomic E-state index is -1.03. The summed E-state index contributed by atoms with van der Waals surface area (Å²) in [6.07, 6.45) is 0.718. The summed E-state index contributed by atoms with van der Waals surface area (Å²) in [5.74, 6) is -0.617. The molecule has 23 heavy (non-hydrogen) atoms. The lowest BCUT2D eigenvalue weighted by molar-refractivity contribution is -0.143. The number of alkyl carbamates (subject to hydrolysis) is 1. The van der Waals surface area contributed by atoms with Crippen molar-refractivity contribution in [2.24, 2.45) is 0 Å². The highest BCUT2D eigenvalue weighted by Crippen LogP contribution is 2.23. The number of nitrogens with zero attached hydrogens (tertiary/aromatic N) is 2. The van der Waals surface area contributed by atoms with Crippen molar-refractivity contribution >= 4 is 23.0 Å². The van der Waals surface area contributed by atoms with Crippen molar-refractivity contribution in [3.8, 4) is 0 Å². The summed E-state index contributed by atoms with van der Waals surface area (Å²) in [5, 5.41) is 11.1. The largest absolute Gasteiger partial charge is 0.467 e. The zero-order chi connectivity index (χ0) is 17.0. The number of rotatable bonds is 3. The maximum absolute atomic E-state index is 12.1. The van der Waals surface area contributed by atoms with Gasteiger partial charge < -0.3 is 14.8 Å². The maximum atomic E-state index is 12.1. The minimum absolute atomic E-state index is 0.494. The van der Waals surface area contributed by atoms with Gasteiger partial charge in [0.2, 0.25) is 0 Å². The van der Waals surface area contributed by atoms with Gasteiger partial charge in [-0.1, -0.05) is 18.2 Å². The van der Waals surface area contributed by atoms with E-state index in [1.54, 1.807) is 32.9 Å². The molecule has 0 aliphatic rings. The highest BCUT2D eigenvalue weighted by Gasteiger charge is 2.28. The number of ether oxygens (including phenoxy) is 2. The van der Waals surface area contributed by atoms with Gasteiger partial charge in [-0.05, 0) is 26.8 Å². The summed E-state index contributed by atoms with van der Waals surface area (Å²) >= 11 is 0. The number of fused-ring (bicyclic) bond motifs is 1. The maximum Gasteiger partial charge on any atom is 0.408 e. The number of carbonyl (C=O) groups excluding carboxylic acids is 2. The smallest absolute Gasteiger partial charge is 0.408 e. The van der Waals surface area contributed by atoms with Gasteiger partial charge in [0.1, 0.15) is 5.60 Å². The third kappa shape index (κ3) is 4.15. The highest BCUT2D eigenvalue weighted by atomic mass is 16.6. The Morgan fingerprint density at radius 1 is 1.22 bits per heavy atom. The van der Waals surface area contributed by atoms with E-state index in [9.17, 15) is 9.59 Å². The van der Waals surface area contributed by atoms with Crippen LogP contribution in [0, 0.1) is 0 Å². The zero-order valence-corrected chi connectivity index (χ0v) is 13.5. The number of methoxy groups -OCH3 is 1. The lowest BCUT2D eigenvalue weighted by Gasteiger charge is -2.23. The first-order valence-corrected chi connectivity index (χ1v) is 7.09. The van der Waals surface area contributed by atoms with Crippen LogP contribution in [0.5, 0.6) is 0 Å². The molecule has 7 nitrogen and oxygen atoms in total. The molecule has 1 atom stereocenters. The Balaban J connectivity index is 2.38. The number of nitrogens with one attached hydrogen (secondary N) is 1. The Kier molecular flexibility index (Phi) is 4.78. The number of aromatic nitrogens is 2. The van der Waals surface area contributed by atoms with Gasteiger partial charge >= 0.3 is 12.1 Å². The predicted octanol–water partition coefficient (Wildman–Crippen LogP) is 2.37. The van der Waals surface area contributed by atoms with E-state index in [1.165, 1.54) is 13.3 Å². The Hall–Kier alpha value is -2.70. The molecule has 1 unspecified atom stereocenters. The summed E-state index contributed by atoms with van der Waals surface area (Å²) in [4.78, 5) is 24.1. The molecule has 7 heteroatoms. The molecule has 0 aliphatic heterocycles. The molecular formula is C16H19N3O4. The lowest BCUT2D eigenvalue weighted by atomic mass is 10.0. The molecule has 1 aromatic heterocycles. The van der Waals surface area contributed by atoms with Crippen molar-refractivity contribution in [1.82, 2.24) is 15.5 Å². The van der Waals surface area contributed by atoms with Gasteiger partial charge in [0.05, 0.1) is 18.8 Å². The first-order chi connectivity index (χ1) is 10.8. The molecule has 0 spiro atoms. The monoisotopic (exact) mass is 317 g/mol. The topological polar surface area (TPSA) is 90.4 Å². The second kappa shape index (κ2) is 6.60. The normalized spacial score (nSPS) is 12.5. The second-order valence-corrected chi connectivity index (χ2v) is 5.92. The van der Waals surface area contributed by atoms with Crippen LogP contribution in [0.3, 0.4) is 0 Å². The summed E-state index contributed by atoms with van der Waals surface area (Å²) < 4.78 is 9.99. The molecule has 1 heterocycles. The van der Waals surface area contributed by atoms with Gasteiger partial charge in [-0.25, -0.2) is 9.59 Å². The first-order valence-electron chi connectivity index (χ1n) is 7.09. The second-order valence-electron chi connectivity index (χ2n) is 5.92. The van der Waals surface area contributed by atoms with Crippen molar-refractivity contribution in [3.05, 3.63) is 36.0 Å². The molecule has 122 valence electrons. The molecule has 2 rings (SSSR count). The van der Waals surface area contributed by atoms with E-state index in [1.807, 2.05) is 12.1 Å². The molecule has 0 saturated heterocycles. The molecule has 1 amide bonds. The van der Waals surface area contributed by atoms with Crippen LogP contribution in [-0.2, 0) is 14.3 Å². The van der Waals surface area contributed by atoms with Crippen molar-refractivity contribution in [2.45, 2.75) is 32.4 Å². The highest BCUT2D eigenvalue weighted by molar-refractivity contribution is 5.90. The van der Waals surface area contributed by atoms with Gasteiger partial charge in [-0.2, -0.15) is 10.2 Å². The summed E-state index contributed by atoms with van der Waals surface area (Å²) in [6, 6.07) is 6.17. The van der Waals surface area contributed by atoms with Crippen LogP contribution in [0.15, 0.2) is 30.5 Å². The van der Waals surface area contributed by atoms with Crippen molar-refractivity contribution in [2.75, 3.05) is 7.11 Å². The van der Waals surface area contributed by atoms with Crippen molar-refractivity contribution in [3.63, 3.8) is 0 Å².